The van der Waals surface area contributed by atoms with Crippen molar-refractivity contribution in [2.24, 2.45) is 0 Å². The number of amides is 1. The largest absolute Gasteiger partial charge is 0.296 e. The molecule has 1 saturated heterocycles. The molecule has 2 heterocycles. The van der Waals surface area contributed by atoms with Crippen LogP contribution in [0.25, 0.3) is 0 Å². The van der Waals surface area contributed by atoms with E-state index in [2.05, 4.69) is 4.90 Å². The molecular weight excluding hydrogens is 247 g/mol. The molecule has 5 heteroatoms. The fourth-order valence-corrected chi connectivity index (χ4v) is 3.30. The van der Waals surface area contributed by atoms with Gasteiger partial charge in [0.2, 0.25) is 0 Å². The Morgan fingerprint density at radius 2 is 2.21 bits per heavy atom. The van der Waals surface area contributed by atoms with Crippen LogP contribution >= 0.6 is 0 Å². The molecule has 1 amide bonds. The van der Waals surface area contributed by atoms with Gasteiger partial charge in [-0.05, 0) is 43.5 Å². The quantitative estimate of drug-likeness (QED) is 0.603. The lowest BCUT2D eigenvalue weighted by Gasteiger charge is -2.40. The molecule has 0 spiro atoms. The molecule has 0 bridgehead atoms. The summed E-state index contributed by atoms with van der Waals surface area (Å²) in [5, 5.41) is 8.64. The van der Waals surface area contributed by atoms with Gasteiger partial charge in [0, 0.05) is 23.7 Å². The molecule has 0 radical (unpaired) electrons. The van der Waals surface area contributed by atoms with Crippen molar-refractivity contribution in [3.63, 3.8) is 0 Å². The molecule has 1 aromatic rings. The second kappa shape index (κ2) is 4.90. The van der Waals surface area contributed by atoms with Crippen LogP contribution in [0.15, 0.2) is 12.1 Å². The fraction of sp³-hybridized carbons (Fsp3) is 0.500. The number of hydrogen-bond acceptors (Lipinski definition) is 3. The van der Waals surface area contributed by atoms with Crippen LogP contribution in [0.4, 0.5) is 4.39 Å². The van der Waals surface area contributed by atoms with Crippen LogP contribution in [0.2, 0.25) is 0 Å². The minimum Gasteiger partial charge on any atom is -0.296 e. The lowest BCUT2D eigenvalue weighted by molar-refractivity contribution is 0.0705. The van der Waals surface area contributed by atoms with Gasteiger partial charge in [-0.2, -0.15) is 0 Å². The number of rotatable bonds is 1. The first kappa shape index (κ1) is 12.6. The molecule has 19 heavy (non-hydrogen) atoms. The van der Waals surface area contributed by atoms with Crippen molar-refractivity contribution in [3.05, 3.63) is 34.6 Å². The molecule has 2 aliphatic rings. The number of hydroxylamine groups is 1. The smallest absolute Gasteiger partial charge is 0.274 e. The Labute approximate surface area is 111 Å². The van der Waals surface area contributed by atoms with Crippen LogP contribution in [0.5, 0.6) is 0 Å². The molecule has 0 saturated carbocycles. The fourth-order valence-electron chi connectivity index (χ4n) is 3.30. The lowest BCUT2D eigenvalue weighted by Crippen LogP contribution is -2.39. The Morgan fingerprint density at radius 1 is 1.37 bits per heavy atom. The second-order valence-corrected chi connectivity index (χ2v) is 5.27. The van der Waals surface area contributed by atoms with Crippen molar-refractivity contribution >= 4 is 5.91 Å². The number of fused-ring (bicyclic) bond motifs is 3. The Morgan fingerprint density at radius 3 is 3.00 bits per heavy atom. The Bertz CT molecular complexity index is 518. The summed E-state index contributed by atoms with van der Waals surface area (Å²) < 4.78 is 14.3. The zero-order chi connectivity index (χ0) is 13.4. The first-order valence-corrected chi connectivity index (χ1v) is 6.71. The van der Waals surface area contributed by atoms with Crippen LogP contribution in [0, 0.1) is 5.82 Å². The predicted molar refractivity (Wildman–Crippen MR) is 67.5 cm³/mol. The molecule has 1 aromatic carbocycles. The van der Waals surface area contributed by atoms with Gasteiger partial charge in [-0.25, -0.2) is 9.87 Å². The highest BCUT2D eigenvalue weighted by Crippen LogP contribution is 2.38. The number of nitrogens with zero attached hydrogens (tertiary/aromatic N) is 1. The third kappa shape index (κ3) is 2.13. The highest BCUT2D eigenvalue weighted by Gasteiger charge is 2.32. The molecule has 2 aliphatic heterocycles. The standard InChI is InChI=1S/C14H17FN2O2/c15-11-8-10(14(18)16-19)7-9-4-6-17-5-2-1-3-12(17)13(9)11/h7-8,12,19H,1-6H2,(H,16,18)/t12-/m0/s1. The average Bonchev–Trinajstić information content (AvgIpc) is 2.45. The van der Waals surface area contributed by atoms with E-state index in [0.717, 1.165) is 43.5 Å². The minimum absolute atomic E-state index is 0.156. The molecule has 0 unspecified atom stereocenters. The molecule has 4 nitrogen and oxygen atoms in total. The highest BCUT2D eigenvalue weighted by atomic mass is 19.1. The van der Waals surface area contributed by atoms with Crippen LogP contribution in [-0.2, 0) is 6.42 Å². The SMILES string of the molecule is O=C(NO)c1cc(F)c2c(c1)CCN1CCCC[C@@H]21. The van der Waals surface area contributed by atoms with Gasteiger partial charge in [-0.3, -0.25) is 14.9 Å². The van der Waals surface area contributed by atoms with E-state index in [9.17, 15) is 9.18 Å². The van der Waals surface area contributed by atoms with Gasteiger partial charge in [0.25, 0.3) is 5.91 Å². The van der Waals surface area contributed by atoms with Gasteiger partial charge in [0.15, 0.2) is 0 Å². The summed E-state index contributed by atoms with van der Waals surface area (Å²) in [6.45, 7) is 1.95. The summed E-state index contributed by atoms with van der Waals surface area (Å²) in [6, 6.07) is 3.09. The van der Waals surface area contributed by atoms with Crippen LogP contribution in [0.3, 0.4) is 0 Å². The minimum atomic E-state index is -0.659. The van der Waals surface area contributed by atoms with Gasteiger partial charge in [0.1, 0.15) is 5.82 Å². The zero-order valence-corrected chi connectivity index (χ0v) is 10.7. The van der Waals surface area contributed by atoms with Crippen molar-refractivity contribution in [3.8, 4) is 0 Å². The van der Waals surface area contributed by atoms with Crippen LogP contribution < -0.4 is 5.48 Å². The van der Waals surface area contributed by atoms with E-state index < -0.39 is 5.91 Å². The molecule has 1 atom stereocenters. The maximum atomic E-state index is 14.3. The van der Waals surface area contributed by atoms with Gasteiger partial charge in [0.05, 0.1) is 0 Å². The van der Waals surface area contributed by atoms with E-state index in [1.54, 1.807) is 11.5 Å². The van der Waals surface area contributed by atoms with E-state index in [0.29, 0.717) is 0 Å². The number of hydrogen-bond donors (Lipinski definition) is 2. The topological polar surface area (TPSA) is 52.6 Å². The second-order valence-electron chi connectivity index (χ2n) is 5.27. The van der Waals surface area contributed by atoms with Gasteiger partial charge >= 0.3 is 0 Å². The van der Waals surface area contributed by atoms with Crippen molar-refractivity contribution in [2.45, 2.75) is 31.7 Å². The number of nitrogens with one attached hydrogen (secondary N) is 1. The number of carbonyl (C=O) groups is 1. The molecule has 1 fully saturated rings. The van der Waals surface area contributed by atoms with E-state index >= 15 is 0 Å². The number of benzene rings is 1. The maximum Gasteiger partial charge on any atom is 0.274 e. The number of piperidine rings is 1. The van der Waals surface area contributed by atoms with E-state index in [1.165, 1.54) is 12.5 Å². The van der Waals surface area contributed by atoms with Crippen LogP contribution in [-0.4, -0.2) is 29.1 Å². The van der Waals surface area contributed by atoms with Gasteiger partial charge in [-0.1, -0.05) is 6.42 Å². The van der Waals surface area contributed by atoms with Gasteiger partial charge < -0.3 is 0 Å². The lowest BCUT2D eigenvalue weighted by atomic mass is 9.85. The van der Waals surface area contributed by atoms with Crippen LogP contribution in [0.1, 0.15) is 46.8 Å². The normalized spacial score (nSPS) is 22.5. The number of carbonyl (C=O) groups excluding carboxylic acids is 1. The number of halogens is 1. The molecule has 0 aliphatic carbocycles. The van der Waals surface area contributed by atoms with E-state index in [4.69, 9.17) is 5.21 Å². The van der Waals surface area contributed by atoms with Gasteiger partial charge in [-0.15, -0.1) is 0 Å². The van der Waals surface area contributed by atoms with E-state index in [1.807, 2.05) is 0 Å². The summed E-state index contributed by atoms with van der Waals surface area (Å²) in [5.41, 5.74) is 3.39. The summed E-state index contributed by atoms with van der Waals surface area (Å²) >= 11 is 0. The summed E-state index contributed by atoms with van der Waals surface area (Å²) in [4.78, 5) is 13.7. The molecule has 3 rings (SSSR count). The van der Waals surface area contributed by atoms with Crippen molar-refractivity contribution < 1.29 is 14.4 Å². The molecule has 102 valence electrons. The first-order valence-electron chi connectivity index (χ1n) is 6.71. The molecular formula is C14H17FN2O2. The first-order chi connectivity index (χ1) is 9.20. The predicted octanol–water partition coefficient (Wildman–Crippen LogP) is 2.03. The van der Waals surface area contributed by atoms with Crippen molar-refractivity contribution in [1.29, 1.82) is 0 Å². The highest BCUT2D eigenvalue weighted by molar-refractivity contribution is 5.93. The van der Waals surface area contributed by atoms with Crippen molar-refractivity contribution in [2.75, 3.05) is 13.1 Å². The Balaban J connectivity index is 2.02. The summed E-state index contributed by atoms with van der Waals surface area (Å²) in [5.74, 6) is -0.986. The summed E-state index contributed by atoms with van der Waals surface area (Å²) in [6.07, 6.45) is 4.04. The molecule has 2 N–H and O–H groups in total. The average molecular weight is 264 g/mol. The summed E-state index contributed by atoms with van der Waals surface area (Å²) in [7, 11) is 0. The third-order valence-electron chi connectivity index (χ3n) is 4.19. The Kier molecular flexibility index (Phi) is 3.24. The van der Waals surface area contributed by atoms with Crippen molar-refractivity contribution in [1.82, 2.24) is 10.4 Å². The molecule has 0 aromatic heterocycles. The zero-order valence-electron chi connectivity index (χ0n) is 10.7. The maximum absolute atomic E-state index is 14.3. The monoisotopic (exact) mass is 264 g/mol. The van der Waals surface area contributed by atoms with E-state index in [-0.39, 0.29) is 17.4 Å². The third-order valence-corrected chi connectivity index (χ3v) is 4.19. The Hall–Kier alpha value is -1.46.